The van der Waals surface area contributed by atoms with Crippen LogP contribution in [0.15, 0.2) is 0 Å². The van der Waals surface area contributed by atoms with Crippen LogP contribution in [0.4, 0.5) is 13.2 Å². The van der Waals surface area contributed by atoms with Gasteiger partial charge < -0.3 is 9.80 Å². The van der Waals surface area contributed by atoms with Gasteiger partial charge in [0, 0.05) is 26.2 Å². The van der Waals surface area contributed by atoms with E-state index in [1.54, 1.807) is 27.7 Å². The van der Waals surface area contributed by atoms with Crippen LogP contribution in [0, 0.1) is 11.3 Å². The average molecular weight is 324 g/mol. The summed E-state index contributed by atoms with van der Waals surface area (Å²) in [5.74, 6) is -3.28. The third-order valence-corrected chi connectivity index (χ3v) is 4.10. The number of rotatable bonds is 7. The maximum absolute atomic E-state index is 13.4. The third kappa shape index (κ3) is 4.14. The van der Waals surface area contributed by atoms with Gasteiger partial charge in [-0.15, -0.1) is 0 Å². The smallest absolute Gasteiger partial charge is 0.343 e. The van der Waals surface area contributed by atoms with Crippen LogP contribution in [0.25, 0.3) is 0 Å². The molecule has 0 N–H and O–H groups in total. The molecule has 0 aromatic heterocycles. The highest BCUT2D eigenvalue weighted by Crippen LogP contribution is 2.45. The molecule has 4 nitrogen and oxygen atoms in total. The first-order valence-corrected chi connectivity index (χ1v) is 7.63. The zero-order valence-electron chi connectivity index (χ0n) is 14.3. The van der Waals surface area contributed by atoms with E-state index in [9.17, 15) is 22.8 Å². The maximum Gasteiger partial charge on any atom is 0.395 e. The first-order chi connectivity index (χ1) is 9.99. The lowest BCUT2D eigenvalue weighted by molar-refractivity contribution is -0.231. The summed E-state index contributed by atoms with van der Waals surface area (Å²) < 4.78 is 40.2. The van der Waals surface area contributed by atoms with Crippen molar-refractivity contribution in [3.63, 3.8) is 0 Å². The summed E-state index contributed by atoms with van der Waals surface area (Å²) >= 11 is 0. The topological polar surface area (TPSA) is 40.6 Å². The predicted octanol–water partition coefficient (Wildman–Crippen LogP) is 2.93. The van der Waals surface area contributed by atoms with Crippen molar-refractivity contribution < 1.29 is 22.8 Å². The van der Waals surface area contributed by atoms with Crippen molar-refractivity contribution in [3.05, 3.63) is 0 Å². The fraction of sp³-hybridized carbons (Fsp3) is 0.867. The van der Waals surface area contributed by atoms with Crippen molar-refractivity contribution in [1.82, 2.24) is 9.80 Å². The van der Waals surface area contributed by atoms with Gasteiger partial charge in [0.25, 0.3) is 0 Å². The van der Waals surface area contributed by atoms with Gasteiger partial charge in [-0.1, -0.05) is 0 Å². The van der Waals surface area contributed by atoms with Crippen molar-refractivity contribution in [2.24, 2.45) is 11.3 Å². The van der Waals surface area contributed by atoms with Gasteiger partial charge in [-0.3, -0.25) is 9.59 Å². The number of hydrogen-bond donors (Lipinski definition) is 0. The van der Waals surface area contributed by atoms with E-state index in [2.05, 4.69) is 0 Å². The van der Waals surface area contributed by atoms with E-state index in [0.29, 0.717) is 0 Å². The first-order valence-electron chi connectivity index (χ1n) is 7.63. The van der Waals surface area contributed by atoms with Crippen LogP contribution in [0.3, 0.4) is 0 Å². The van der Waals surface area contributed by atoms with Gasteiger partial charge in [0.15, 0.2) is 0 Å². The molecule has 0 saturated carbocycles. The molecule has 130 valence electrons. The van der Waals surface area contributed by atoms with E-state index in [4.69, 9.17) is 0 Å². The first kappa shape index (κ1) is 20.7. The Kier molecular flexibility index (Phi) is 7.38. The molecule has 0 spiro atoms. The highest BCUT2D eigenvalue weighted by atomic mass is 19.4. The molecule has 0 aliphatic heterocycles. The lowest BCUT2D eigenvalue weighted by atomic mass is 9.76. The highest BCUT2D eigenvalue weighted by molar-refractivity contribution is 6.01. The molecule has 22 heavy (non-hydrogen) atoms. The molecule has 2 amide bonds. The fourth-order valence-electron chi connectivity index (χ4n) is 2.32. The number of carbonyl (C=O) groups is 2. The van der Waals surface area contributed by atoms with E-state index in [-0.39, 0.29) is 26.2 Å². The number of alkyl halides is 3. The van der Waals surface area contributed by atoms with Crippen molar-refractivity contribution in [2.75, 3.05) is 26.2 Å². The van der Waals surface area contributed by atoms with E-state index in [1.165, 1.54) is 9.80 Å². The van der Waals surface area contributed by atoms with E-state index >= 15 is 0 Å². The molecule has 0 fully saturated rings. The molecule has 0 saturated heterocycles. The van der Waals surface area contributed by atoms with E-state index < -0.39 is 29.3 Å². The Balaban J connectivity index is 5.90. The van der Waals surface area contributed by atoms with E-state index in [1.807, 2.05) is 0 Å². The second-order valence-corrected chi connectivity index (χ2v) is 5.67. The molecule has 0 aromatic carbocycles. The number of halogens is 3. The zero-order valence-corrected chi connectivity index (χ0v) is 14.3. The molecule has 0 unspecified atom stereocenters. The van der Waals surface area contributed by atoms with Gasteiger partial charge in [-0.05, 0) is 41.5 Å². The molecule has 0 rings (SSSR count). The second-order valence-electron chi connectivity index (χ2n) is 5.67. The van der Waals surface area contributed by atoms with Crippen LogP contribution in [0.2, 0.25) is 0 Å². The number of carbonyl (C=O) groups excluding carboxylic acids is 2. The molecule has 0 aliphatic rings. The monoisotopic (exact) mass is 324 g/mol. The lowest BCUT2D eigenvalue weighted by Gasteiger charge is -2.38. The molecule has 0 aromatic rings. The molecule has 0 radical (unpaired) electrons. The standard InChI is InChI=1S/C15H27F3N2O2/c1-7-19(8-2)12(21)11(13(22)20(9-3)10-4)14(5,6)15(16,17)18/h11H,7-10H2,1-6H3. The Morgan fingerprint density at radius 3 is 1.27 bits per heavy atom. The van der Waals surface area contributed by atoms with Gasteiger partial charge in [0.1, 0.15) is 5.92 Å². The Hall–Kier alpha value is -1.27. The summed E-state index contributed by atoms with van der Waals surface area (Å²) in [4.78, 5) is 27.7. The van der Waals surface area contributed by atoms with Gasteiger partial charge in [0.05, 0.1) is 5.41 Å². The van der Waals surface area contributed by atoms with Gasteiger partial charge in [0.2, 0.25) is 11.8 Å². The van der Waals surface area contributed by atoms with Gasteiger partial charge in [-0.25, -0.2) is 0 Å². The van der Waals surface area contributed by atoms with Crippen LogP contribution in [0.1, 0.15) is 41.5 Å². The lowest BCUT2D eigenvalue weighted by Crippen LogP contribution is -2.55. The Morgan fingerprint density at radius 1 is 0.818 bits per heavy atom. The summed E-state index contributed by atoms with van der Waals surface area (Å²) in [6, 6.07) is 0. The Labute approximate surface area is 130 Å². The molecule has 0 aliphatic carbocycles. The second kappa shape index (κ2) is 7.83. The van der Waals surface area contributed by atoms with Crippen molar-refractivity contribution >= 4 is 11.8 Å². The molecule has 0 bridgehead atoms. The number of hydrogen-bond acceptors (Lipinski definition) is 2. The molecular weight excluding hydrogens is 297 g/mol. The largest absolute Gasteiger partial charge is 0.395 e. The van der Waals surface area contributed by atoms with Crippen molar-refractivity contribution in [1.29, 1.82) is 0 Å². The number of amides is 2. The SMILES string of the molecule is CCN(CC)C(=O)C(C(=O)N(CC)CC)C(C)(C)C(F)(F)F. The summed E-state index contributed by atoms with van der Waals surface area (Å²) in [6.07, 6.45) is -4.65. The van der Waals surface area contributed by atoms with Gasteiger partial charge >= 0.3 is 6.18 Å². The summed E-state index contributed by atoms with van der Waals surface area (Å²) in [6.45, 7) is 9.64. The Bertz CT molecular complexity index is 363. The normalized spacial score (nSPS) is 12.5. The zero-order chi connectivity index (χ0) is 17.7. The minimum atomic E-state index is -4.65. The molecule has 0 atom stereocenters. The maximum atomic E-state index is 13.4. The summed E-state index contributed by atoms with van der Waals surface area (Å²) in [5, 5.41) is 0. The molecule has 7 heteroatoms. The van der Waals surface area contributed by atoms with Crippen molar-refractivity contribution in [2.45, 2.75) is 47.7 Å². The minimum Gasteiger partial charge on any atom is -0.343 e. The van der Waals surface area contributed by atoms with Crippen LogP contribution in [0.5, 0.6) is 0 Å². The minimum absolute atomic E-state index is 0.269. The fourth-order valence-corrected chi connectivity index (χ4v) is 2.32. The van der Waals surface area contributed by atoms with Crippen LogP contribution >= 0.6 is 0 Å². The summed E-state index contributed by atoms with van der Waals surface area (Å²) in [5.41, 5.74) is -2.42. The third-order valence-electron chi connectivity index (χ3n) is 4.10. The molecular formula is C15H27F3N2O2. The predicted molar refractivity (Wildman–Crippen MR) is 79.2 cm³/mol. The van der Waals surface area contributed by atoms with Crippen LogP contribution in [-0.2, 0) is 9.59 Å². The quantitative estimate of drug-likeness (QED) is 0.676. The van der Waals surface area contributed by atoms with Crippen molar-refractivity contribution in [3.8, 4) is 0 Å². The van der Waals surface area contributed by atoms with Crippen LogP contribution in [-0.4, -0.2) is 54.0 Å². The summed E-state index contributed by atoms with van der Waals surface area (Å²) in [7, 11) is 0. The molecule has 0 heterocycles. The average Bonchev–Trinajstić information content (AvgIpc) is 2.40. The van der Waals surface area contributed by atoms with E-state index in [0.717, 1.165) is 13.8 Å². The number of nitrogens with zero attached hydrogens (tertiary/aromatic N) is 2. The van der Waals surface area contributed by atoms with Gasteiger partial charge in [-0.2, -0.15) is 13.2 Å². The Morgan fingerprint density at radius 2 is 1.09 bits per heavy atom. The van der Waals surface area contributed by atoms with Crippen LogP contribution < -0.4 is 0 Å². The highest BCUT2D eigenvalue weighted by Gasteiger charge is 2.58.